The fourth-order valence-electron chi connectivity index (χ4n) is 2.92. The lowest BCUT2D eigenvalue weighted by molar-refractivity contribution is -0.130. The van der Waals surface area contributed by atoms with E-state index >= 15 is 0 Å². The Bertz CT molecular complexity index is 641. The Morgan fingerprint density at radius 1 is 1.12 bits per heavy atom. The quantitative estimate of drug-likeness (QED) is 0.807. The summed E-state index contributed by atoms with van der Waals surface area (Å²) in [6, 6.07) is 14.2. The maximum Gasteiger partial charge on any atom is 0.232 e. The fraction of sp³-hybridized carbons (Fsp3) is 0.421. The number of nitrogens with zero attached hydrogens (tertiary/aromatic N) is 2. The summed E-state index contributed by atoms with van der Waals surface area (Å²) in [6.07, 6.45) is -0.427. The molecule has 2 aromatic rings. The van der Waals surface area contributed by atoms with Crippen LogP contribution in [0.25, 0.3) is 0 Å². The van der Waals surface area contributed by atoms with Crippen LogP contribution < -0.4 is 0 Å². The molecule has 2 heterocycles. The second kappa shape index (κ2) is 9.38. The lowest BCUT2D eigenvalue weighted by atomic mass is 10.2. The highest BCUT2D eigenvalue weighted by Gasteiger charge is 2.23. The van der Waals surface area contributed by atoms with Gasteiger partial charge >= 0.3 is 0 Å². The van der Waals surface area contributed by atoms with Crippen LogP contribution in [-0.2, 0) is 10.5 Å². The Balaban J connectivity index is 1.36. The Morgan fingerprint density at radius 3 is 2.56 bits per heavy atom. The summed E-state index contributed by atoms with van der Waals surface area (Å²) in [5.74, 6) is 1.63. The van der Waals surface area contributed by atoms with E-state index in [1.165, 1.54) is 5.56 Å². The van der Waals surface area contributed by atoms with Gasteiger partial charge in [-0.2, -0.15) is 0 Å². The van der Waals surface area contributed by atoms with Gasteiger partial charge in [-0.25, -0.2) is 0 Å². The van der Waals surface area contributed by atoms with Gasteiger partial charge in [0, 0.05) is 43.4 Å². The molecule has 6 heteroatoms. The zero-order valence-corrected chi connectivity index (χ0v) is 15.8. The van der Waals surface area contributed by atoms with Gasteiger partial charge in [0.1, 0.15) is 6.10 Å². The van der Waals surface area contributed by atoms with E-state index in [9.17, 15) is 9.90 Å². The first-order valence-electron chi connectivity index (χ1n) is 8.55. The van der Waals surface area contributed by atoms with Crippen molar-refractivity contribution in [1.82, 2.24) is 9.80 Å². The predicted octanol–water partition coefficient (Wildman–Crippen LogP) is 2.86. The first-order chi connectivity index (χ1) is 12.2. The fourth-order valence-corrected chi connectivity index (χ4v) is 4.51. The van der Waals surface area contributed by atoms with E-state index in [1.807, 2.05) is 40.6 Å². The Hall–Kier alpha value is -1.34. The molecule has 0 radical (unpaired) electrons. The molecule has 0 aliphatic carbocycles. The SMILES string of the molecule is O=C(CSCc1ccccc1)N1CCN(CC(O)c2cccs2)CC1. The number of hydrogen-bond acceptors (Lipinski definition) is 5. The van der Waals surface area contributed by atoms with Crippen LogP contribution >= 0.6 is 23.1 Å². The molecule has 1 aromatic carbocycles. The lowest BCUT2D eigenvalue weighted by Gasteiger charge is -2.35. The van der Waals surface area contributed by atoms with Crippen molar-refractivity contribution < 1.29 is 9.90 Å². The third-order valence-corrected chi connectivity index (χ3v) is 6.33. The van der Waals surface area contributed by atoms with Gasteiger partial charge in [0.25, 0.3) is 0 Å². The largest absolute Gasteiger partial charge is 0.386 e. The van der Waals surface area contributed by atoms with Crippen molar-refractivity contribution in [2.24, 2.45) is 0 Å². The summed E-state index contributed by atoms with van der Waals surface area (Å²) in [4.78, 5) is 17.5. The minimum absolute atomic E-state index is 0.222. The second-order valence-electron chi connectivity index (χ2n) is 6.19. The predicted molar refractivity (Wildman–Crippen MR) is 105 cm³/mol. The van der Waals surface area contributed by atoms with E-state index in [2.05, 4.69) is 17.0 Å². The Kier molecular flexibility index (Phi) is 6.93. The number of β-amino-alcohol motifs (C(OH)–C–C–N with tert-alkyl or cyclic N) is 1. The van der Waals surface area contributed by atoms with Gasteiger partial charge in [0.15, 0.2) is 0 Å². The lowest BCUT2D eigenvalue weighted by Crippen LogP contribution is -2.50. The van der Waals surface area contributed by atoms with Crippen molar-refractivity contribution in [3.05, 3.63) is 58.3 Å². The average Bonchev–Trinajstić information content (AvgIpc) is 3.18. The molecular weight excluding hydrogens is 352 g/mol. The standard InChI is InChI=1S/C19H24N2O2S2/c22-17(18-7-4-12-25-18)13-20-8-10-21(11-9-20)19(23)15-24-14-16-5-2-1-3-6-16/h1-7,12,17,22H,8-11,13-15H2. The number of aliphatic hydroxyl groups is 1. The first-order valence-corrected chi connectivity index (χ1v) is 10.6. The van der Waals surface area contributed by atoms with Crippen LogP contribution in [0.4, 0.5) is 0 Å². The first kappa shape index (κ1) is 18.5. The van der Waals surface area contributed by atoms with Gasteiger partial charge in [-0.15, -0.1) is 23.1 Å². The molecule has 0 spiro atoms. The van der Waals surface area contributed by atoms with Crippen LogP contribution in [-0.4, -0.2) is 59.3 Å². The molecule has 1 unspecified atom stereocenters. The number of amides is 1. The highest BCUT2D eigenvalue weighted by molar-refractivity contribution is 7.99. The zero-order chi connectivity index (χ0) is 17.5. The van der Waals surface area contributed by atoms with Crippen LogP contribution in [0.15, 0.2) is 47.8 Å². The molecule has 0 bridgehead atoms. The number of aliphatic hydroxyl groups excluding tert-OH is 1. The molecule has 134 valence electrons. The number of piperazine rings is 1. The average molecular weight is 377 g/mol. The van der Waals surface area contributed by atoms with Gasteiger partial charge in [-0.1, -0.05) is 36.4 Å². The summed E-state index contributed by atoms with van der Waals surface area (Å²) in [6.45, 7) is 3.81. The van der Waals surface area contributed by atoms with Crippen LogP contribution in [0.1, 0.15) is 16.5 Å². The molecule has 0 saturated carbocycles. The molecule has 1 saturated heterocycles. The van der Waals surface area contributed by atoms with E-state index in [0.29, 0.717) is 12.3 Å². The third-order valence-electron chi connectivity index (χ3n) is 4.36. The Morgan fingerprint density at radius 2 is 1.88 bits per heavy atom. The molecule has 3 rings (SSSR count). The van der Waals surface area contributed by atoms with Gasteiger partial charge in [-0.3, -0.25) is 9.69 Å². The van der Waals surface area contributed by atoms with Crippen LogP contribution in [0, 0.1) is 0 Å². The van der Waals surface area contributed by atoms with Crippen molar-refractivity contribution in [2.75, 3.05) is 38.5 Å². The van der Waals surface area contributed by atoms with E-state index < -0.39 is 6.10 Å². The minimum Gasteiger partial charge on any atom is -0.386 e. The third kappa shape index (κ3) is 5.57. The monoisotopic (exact) mass is 376 g/mol. The van der Waals surface area contributed by atoms with Gasteiger partial charge in [0.05, 0.1) is 5.75 Å². The number of carbonyl (C=O) groups is 1. The number of carbonyl (C=O) groups excluding carboxylic acids is 1. The molecule has 1 fully saturated rings. The molecule has 1 aliphatic rings. The highest BCUT2D eigenvalue weighted by Crippen LogP contribution is 2.20. The molecule has 25 heavy (non-hydrogen) atoms. The van der Waals surface area contributed by atoms with Gasteiger partial charge < -0.3 is 10.0 Å². The van der Waals surface area contributed by atoms with Gasteiger partial charge in [-0.05, 0) is 17.0 Å². The molecule has 1 amide bonds. The van der Waals surface area contributed by atoms with Crippen LogP contribution in [0.5, 0.6) is 0 Å². The number of thioether (sulfide) groups is 1. The molecule has 4 nitrogen and oxygen atoms in total. The maximum atomic E-state index is 12.3. The maximum absolute atomic E-state index is 12.3. The molecular formula is C19H24N2O2S2. The van der Waals surface area contributed by atoms with E-state index in [0.717, 1.165) is 36.8 Å². The molecule has 1 aliphatic heterocycles. The van der Waals surface area contributed by atoms with E-state index in [4.69, 9.17) is 0 Å². The summed E-state index contributed by atoms with van der Waals surface area (Å²) in [5.41, 5.74) is 1.26. The van der Waals surface area contributed by atoms with Crippen molar-refractivity contribution in [2.45, 2.75) is 11.9 Å². The van der Waals surface area contributed by atoms with Crippen molar-refractivity contribution >= 4 is 29.0 Å². The van der Waals surface area contributed by atoms with Crippen LogP contribution in [0.2, 0.25) is 0 Å². The second-order valence-corrected chi connectivity index (χ2v) is 8.16. The zero-order valence-electron chi connectivity index (χ0n) is 14.2. The summed E-state index contributed by atoms with van der Waals surface area (Å²) < 4.78 is 0. The topological polar surface area (TPSA) is 43.8 Å². The normalized spacial score (nSPS) is 16.8. The summed E-state index contributed by atoms with van der Waals surface area (Å²) in [5, 5.41) is 12.2. The minimum atomic E-state index is -0.427. The van der Waals surface area contributed by atoms with Crippen molar-refractivity contribution in [3.8, 4) is 0 Å². The van der Waals surface area contributed by atoms with Gasteiger partial charge in [0.2, 0.25) is 5.91 Å². The molecule has 1 aromatic heterocycles. The molecule has 1 N–H and O–H groups in total. The van der Waals surface area contributed by atoms with E-state index in [-0.39, 0.29) is 5.91 Å². The number of rotatable bonds is 7. The highest BCUT2D eigenvalue weighted by atomic mass is 32.2. The number of thiophene rings is 1. The molecule has 1 atom stereocenters. The number of benzene rings is 1. The summed E-state index contributed by atoms with van der Waals surface area (Å²) >= 11 is 3.26. The smallest absolute Gasteiger partial charge is 0.232 e. The van der Waals surface area contributed by atoms with Crippen molar-refractivity contribution in [1.29, 1.82) is 0 Å². The number of hydrogen-bond donors (Lipinski definition) is 1. The van der Waals surface area contributed by atoms with Crippen molar-refractivity contribution in [3.63, 3.8) is 0 Å². The van der Waals surface area contributed by atoms with Crippen LogP contribution in [0.3, 0.4) is 0 Å². The Labute approximate surface area is 157 Å². The van der Waals surface area contributed by atoms with E-state index in [1.54, 1.807) is 23.1 Å². The summed E-state index contributed by atoms with van der Waals surface area (Å²) in [7, 11) is 0.